The number of nitrogens with zero attached hydrogens (tertiary/aromatic N) is 2. The van der Waals surface area contributed by atoms with Gasteiger partial charge >= 0.3 is 6.18 Å². The van der Waals surface area contributed by atoms with Crippen LogP contribution in [0.15, 0.2) is 36.7 Å². The second-order valence-corrected chi connectivity index (χ2v) is 4.41. The molecule has 0 aliphatic heterocycles. The third kappa shape index (κ3) is 4.44. The molecule has 0 aliphatic rings. The van der Waals surface area contributed by atoms with Crippen LogP contribution in [0.5, 0.6) is 5.88 Å². The van der Waals surface area contributed by atoms with Crippen molar-refractivity contribution < 1.29 is 22.7 Å². The van der Waals surface area contributed by atoms with Gasteiger partial charge in [0.2, 0.25) is 5.88 Å². The van der Waals surface area contributed by atoms with Gasteiger partial charge < -0.3 is 10.1 Å². The van der Waals surface area contributed by atoms with Gasteiger partial charge in [0.05, 0.1) is 5.56 Å². The first-order valence-electron chi connectivity index (χ1n) is 6.24. The van der Waals surface area contributed by atoms with E-state index in [1.165, 1.54) is 18.3 Å². The molecule has 0 unspecified atom stereocenters. The van der Waals surface area contributed by atoms with E-state index in [0.717, 1.165) is 11.8 Å². The zero-order chi connectivity index (χ0) is 16.2. The largest absolute Gasteiger partial charge is 0.468 e. The third-order valence-electron chi connectivity index (χ3n) is 2.62. The number of amides is 1. The maximum atomic E-state index is 12.0. The van der Waals surface area contributed by atoms with Gasteiger partial charge in [-0.05, 0) is 24.6 Å². The minimum Gasteiger partial charge on any atom is -0.468 e. The topological polar surface area (TPSA) is 64.1 Å². The Kier molecular flexibility index (Phi) is 4.59. The van der Waals surface area contributed by atoms with Gasteiger partial charge in [0.1, 0.15) is 5.82 Å². The minimum atomic E-state index is -4.44. The van der Waals surface area contributed by atoms with Crippen LogP contribution in [0.2, 0.25) is 0 Å². The van der Waals surface area contributed by atoms with Crippen molar-refractivity contribution in [3.63, 3.8) is 0 Å². The summed E-state index contributed by atoms with van der Waals surface area (Å²) in [4.78, 5) is 19.7. The highest BCUT2D eigenvalue weighted by molar-refractivity contribution is 6.03. The number of hydrogen-bond acceptors (Lipinski definition) is 4. The molecule has 0 aromatic carbocycles. The SMILES string of the molecule is Cc1cccnc1NC(=O)c1ccc(OCC(F)(F)F)nc1. The molecule has 22 heavy (non-hydrogen) atoms. The lowest BCUT2D eigenvalue weighted by Crippen LogP contribution is -2.20. The third-order valence-corrected chi connectivity index (χ3v) is 2.62. The van der Waals surface area contributed by atoms with E-state index in [1.54, 1.807) is 19.1 Å². The zero-order valence-corrected chi connectivity index (χ0v) is 11.5. The van der Waals surface area contributed by atoms with E-state index in [2.05, 4.69) is 20.0 Å². The molecule has 1 amide bonds. The normalized spacial score (nSPS) is 11.1. The van der Waals surface area contributed by atoms with Crippen molar-refractivity contribution in [1.82, 2.24) is 9.97 Å². The lowest BCUT2D eigenvalue weighted by molar-refractivity contribution is -0.154. The first-order valence-corrected chi connectivity index (χ1v) is 6.24. The van der Waals surface area contributed by atoms with Gasteiger partial charge in [0.25, 0.3) is 5.91 Å². The molecule has 0 radical (unpaired) electrons. The van der Waals surface area contributed by atoms with E-state index < -0.39 is 18.7 Å². The standard InChI is InChI=1S/C14H12F3N3O2/c1-9-3-2-6-18-12(9)20-13(21)10-4-5-11(19-7-10)22-8-14(15,16)17/h2-7H,8H2,1H3,(H,18,20,21). The lowest BCUT2D eigenvalue weighted by Gasteiger charge is -2.09. The summed E-state index contributed by atoms with van der Waals surface area (Å²) in [5.74, 6) is -0.260. The number of halogens is 3. The van der Waals surface area contributed by atoms with Crippen molar-refractivity contribution in [2.75, 3.05) is 11.9 Å². The number of nitrogens with one attached hydrogen (secondary N) is 1. The number of aryl methyl sites for hydroxylation is 1. The van der Waals surface area contributed by atoms with Crippen LogP contribution >= 0.6 is 0 Å². The smallest absolute Gasteiger partial charge is 0.422 e. The number of anilines is 1. The van der Waals surface area contributed by atoms with Crippen molar-refractivity contribution in [2.24, 2.45) is 0 Å². The van der Waals surface area contributed by atoms with Crippen molar-refractivity contribution in [2.45, 2.75) is 13.1 Å². The summed E-state index contributed by atoms with van der Waals surface area (Å²) in [6, 6.07) is 6.05. The van der Waals surface area contributed by atoms with Crippen LogP contribution in [0, 0.1) is 6.92 Å². The molecule has 8 heteroatoms. The van der Waals surface area contributed by atoms with Gasteiger partial charge in [0.15, 0.2) is 6.61 Å². The Morgan fingerprint density at radius 2 is 2.05 bits per heavy atom. The quantitative estimate of drug-likeness (QED) is 0.943. The van der Waals surface area contributed by atoms with E-state index in [9.17, 15) is 18.0 Å². The lowest BCUT2D eigenvalue weighted by atomic mass is 10.2. The van der Waals surface area contributed by atoms with Gasteiger partial charge in [-0.2, -0.15) is 13.2 Å². The van der Waals surface area contributed by atoms with Gasteiger partial charge in [-0.3, -0.25) is 4.79 Å². The van der Waals surface area contributed by atoms with Gasteiger partial charge in [0, 0.05) is 18.5 Å². The van der Waals surface area contributed by atoms with Crippen LogP contribution in [-0.2, 0) is 0 Å². The summed E-state index contributed by atoms with van der Waals surface area (Å²) in [5, 5.41) is 2.59. The number of ether oxygens (including phenoxy) is 1. The van der Waals surface area contributed by atoms with E-state index in [0.29, 0.717) is 5.82 Å². The zero-order valence-electron chi connectivity index (χ0n) is 11.5. The van der Waals surface area contributed by atoms with E-state index in [-0.39, 0.29) is 11.4 Å². The van der Waals surface area contributed by atoms with Crippen molar-refractivity contribution >= 4 is 11.7 Å². The number of hydrogen-bond donors (Lipinski definition) is 1. The average molecular weight is 311 g/mol. The number of rotatable bonds is 4. The fourth-order valence-electron chi connectivity index (χ4n) is 1.55. The van der Waals surface area contributed by atoms with Crippen LogP contribution < -0.4 is 10.1 Å². The van der Waals surface area contributed by atoms with Crippen LogP contribution in [0.3, 0.4) is 0 Å². The molecule has 0 fully saturated rings. The number of pyridine rings is 2. The van der Waals surface area contributed by atoms with Crippen LogP contribution in [0.25, 0.3) is 0 Å². The highest BCUT2D eigenvalue weighted by Crippen LogP contribution is 2.17. The first kappa shape index (κ1) is 15.7. The van der Waals surface area contributed by atoms with Crippen molar-refractivity contribution in [1.29, 1.82) is 0 Å². The van der Waals surface area contributed by atoms with E-state index >= 15 is 0 Å². The van der Waals surface area contributed by atoms with Crippen molar-refractivity contribution in [3.8, 4) is 5.88 Å². The van der Waals surface area contributed by atoms with Crippen LogP contribution in [0.4, 0.5) is 19.0 Å². The second-order valence-electron chi connectivity index (χ2n) is 4.41. The monoisotopic (exact) mass is 311 g/mol. The molecular weight excluding hydrogens is 299 g/mol. The molecule has 0 aliphatic carbocycles. The summed E-state index contributed by atoms with van der Waals surface area (Å²) in [7, 11) is 0. The van der Waals surface area contributed by atoms with Crippen molar-refractivity contribution in [3.05, 3.63) is 47.8 Å². The molecule has 2 heterocycles. The maximum Gasteiger partial charge on any atom is 0.422 e. The first-order chi connectivity index (χ1) is 10.3. The van der Waals surface area contributed by atoms with Crippen LogP contribution in [0.1, 0.15) is 15.9 Å². The fourth-order valence-corrected chi connectivity index (χ4v) is 1.55. The molecule has 5 nitrogen and oxygen atoms in total. The molecule has 2 rings (SSSR count). The molecular formula is C14H12F3N3O2. The highest BCUT2D eigenvalue weighted by atomic mass is 19.4. The molecule has 0 saturated heterocycles. The molecule has 2 aromatic rings. The Bertz CT molecular complexity index is 657. The Morgan fingerprint density at radius 1 is 1.27 bits per heavy atom. The van der Waals surface area contributed by atoms with Gasteiger partial charge in [-0.15, -0.1) is 0 Å². The molecule has 116 valence electrons. The van der Waals surface area contributed by atoms with Gasteiger partial charge in [-0.1, -0.05) is 6.07 Å². The minimum absolute atomic E-state index is 0.185. The Morgan fingerprint density at radius 3 is 2.64 bits per heavy atom. The van der Waals surface area contributed by atoms with Crippen LogP contribution in [-0.4, -0.2) is 28.7 Å². The molecule has 2 aromatic heterocycles. The summed E-state index contributed by atoms with van der Waals surface area (Å²) in [6.07, 6.45) is -1.76. The molecule has 0 bridgehead atoms. The molecule has 0 atom stereocenters. The highest BCUT2D eigenvalue weighted by Gasteiger charge is 2.28. The molecule has 0 spiro atoms. The Labute approximate surface area is 124 Å². The summed E-state index contributed by atoms with van der Waals surface area (Å²) < 4.78 is 40.5. The fraction of sp³-hybridized carbons (Fsp3) is 0.214. The Balaban J connectivity index is 2.01. The number of aromatic nitrogens is 2. The summed E-state index contributed by atoms with van der Waals surface area (Å²) in [5.41, 5.74) is 0.971. The molecule has 0 saturated carbocycles. The molecule has 1 N–H and O–H groups in total. The predicted octanol–water partition coefficient (Wildman–Crippen LogP) is 2.98. The predicted molar refractivity (Wildman–Crippen MR) is 72.7 cm³/mol. The number of carbonyl (C=O) groups excluding carboxylic acids is 1. The number of carbonyl (C=O) groups is 1. The maximum absolute atomic E-state index is 12.0. The average Bonchev–Trinajstić information content (AvgIpc) is 2.47. The summed E-state index contributed by atoms with van der Waals surface area (Å²) in [6.45, 7) is 0.355. The number of alkyl halides is 3. The second kappa shape index (κ2) is 6.42. The van der Waals surface area contributed by atoms with E-state index in [1.807, 2.05) is 0 Å². The Hall–Kier alpha value is -2.64. The summed E-state index contributed by atoms with van der Waals surface area (Å²) >= 11 is 0. The van der Waals surface area contributed by atoms with Gasteiger partial charge in [-0.25, -0.2) is 9.97 Å². The van der Waals surface area contributed by atoms with E-state index in [4.69, 9.17) is 0 Å².